The summed E-state index contributed by atoms with van der Waals surface area (Å²) in [5.74, 6) is 6.45. The van der Waals surface area contributed by atoms with E-state index in [9.17, 15) is 0 Å². The standard InChI is InChI=1S/C13H21N3S/c1-10-8-9-12(17-10)13(16-14)15-11-6-4-2-3-5-7-11/h8-9,11H,2-7,14H2,1H3,(H,15,16). The molecule has 0 atom stereocenters. The molecule has 0 bridgehead atoms. The number of rotatable bonds is 2. The van der Waals surface area contributed by atoms with Gasteiger partial charge in [0.25, 0.3) is 0 Å². The van der Waals surface area contributed by atoms with Gasteiger partial charge < -0.3 is 5.43 Å². The van der Waals surface area contributed by atoms with E-state index in [0.717, 1.165) is 10.7 Å². The molecule has 1 aliphatic carbocycles. The van der Waals surface area contributed by atoms with Gasteiger partial charge in [-0.1, -0.05) is 25.7 Å². The molecule has 17 heavy (non-hydrogen) atoms. The van der Waals surface area contributed by atoms with E-state index in [1.165, 1.54) is 43.4 Å². The minimum atomic E-state index is 0.450. The maximum absolute atomic E-state index is 5.60. The molecular formula is C13H21N3S. The van der Waals surface area contributed by atoms with Crippen LogP contribution >= 0.6 is 11.3 Å². The predicted molar refractivity (Wildman–Crippen MR) is 74.4 cm³/mol. The predicted octanol–water partition coefficient (Wildman–Crippen LogP) is 2.99. The van der Waals surface area contributed by atoms with Crippen LogP contribution in [0, 0.1) is 6.92 Å². The van der Waals surface area contributed by atoms with Crippen LogP contribution in [0.5, 0.6) is 0 Å². The van der Waals surface area contributed by atoms with Crippen molar-refractivity contribution in [2.75, 3.05) is 0 Å². The van der Waals surface area contributed by atoms with Gasteiger partial charge in [0.05, 0.1) is 10.9 Å². The van der Waals surface area contributed by atoms with Crippen LogP contribution < -0.4 is 11.3 Å². The summed E-state index contributed by atoms with van der Waals surface area (Å²) >= 11 is 1.74. The van der Waals surface area contributed by atoms with Gasteiger partial charge in [0, 0.05) is 4.88 Å². The Morgan fingerprint density at radius 1 is 1.29 bits per heavy atom. The normalized spacial score (nSPS) is 19.1. The Bertz CT molecular complexity index is 376. The number of aryl methyl sites for hydroxylation is 1. The van der Waals surface area contributed by atoms with Gasteiger partial charge in [-0.05, 0) is 31.9 Å². The number of hydrogen-bond acceptors (Lipinski definition) is 3. The van der Waals surface area contributed by atoms with Crippen molar-refractivity contribution in [2.24, 2.45) is 10.8 Å². The molecule has 1 saturated carbocycles. The highest BCUT2D eigenvalue weighted by atomic mass is 32.1. The Morgan fingerprint density at radius 3 is 2.53 bits per heavy atom. The third-order valence-corrected chi connectivity index (χ3v) is 4.25. The van der Waals surface area contributed by atoms with Gasteiger partial charge in [-0.25, -0.2) is 5.84 Å². The number of nitrogens with zero attached hydrogens (tertiary/aromatic N) is 1. The highest BCUT2D eigenvalue weighted by Crippen LogP contribution is 2.21. The summed E-state index contributed by atoms with van der Waals surface area (Å²) < 4.78 is 0. The highest BCUT2D eigenvalue weighted by molar-refractivity contribution is 7.14. The molecule has 94 valence electrons. The van der Waals surface area contributed by atoms with Crippen LogP contribution in [0.1, 0.15) is 48.3 Å². The van der Waals surface area contributed by atoms with Crippen molar-refractivity contribution < 1.29 is 0 Å². The molecule has 0 radical (unpaired) electrons. The van der Waals surface area contributed by atoms with Crippen LogP contribution in [0.25, 0.3) is 0 Å². The fraction of sp³-hybridized carbons (Fsp3) is 0.615. The monoisotopic (exact) mass is 251 g/mol. The maximum Gasteiger partial charge on any atom is 0.153 e. The second kappa shape index (κ2) is 6.17. The topological polar surface area (TPSA) is 50.4 Å². The zero-order valence-corrected chi connectivity index (χ0v) is 11.2. The maximum atomic E-state index is 5.60. The van der Waals surface area contributed by atoms with E-state index in [1.807, 2.05) is 0 Å². The van der Waals surface area contributed by atoms with E-state index in [-0.39, 0.29) is 0 Å². The first-order valence-electron chi connectivity index (χ1n) is 6.41. The van der Waals surface area contributed by atoms with Crippen molar-refractivity contribution in [1.29, 1.82) is 0 Å². The Morgan fingerprint density at radius 2 is 2.00 bits per heavy atom. The number of aliphatic imine (C=N–C) groups is 1. The lowest BCUT2D eigenvalue weighted by Crippen LogP contribution is -2.31. The summed E-state index contributed by atoms with van der Waals surface area (Å²) in [5, 5.41) is 0. The zero-order valence-electron chi connectivity index (χ0n) is 10.4. The first-order valence-corrected chi connectivity index (χ1v) is 7.22. The van der Waals surface area contributed by atoms with Gasteiger partial charge in [0.15, 0.2) is 5.84 Å². The average Bonchev–Trinajstić information content (AvgIpc) is 2.62. The molecule has 0 saturated heterocycles. The molecule has 4 heteroatoms. The Labute approximate surface area is 107 Å². The van der Waals surface area contributed by atoms with Crippen molar-refractivity contribution in [1.82, 2.24) is 5.43 Å². The Kier molecular flexibility index (Phi) is 4.57. The quantitative estimate of drug-likeness (QED) is 0.279. The molecule has 2 rings (SSSR count). The summed E-state index contributed by atoms with van der Waals surface area (Å²) in [5.41, 5.74) is 2.76. The molecule has 1 heterocycles. The molecule has 0 aliphatic heterocycles. The first-order chi connectivity index (χ1) is 8.29. The second-order valence-corrected chi connectivity index (χ2v) is 5.97. The lowest BCUT2D eigenvalue weighted by molar-refractivity contribution is 0.583. The van der Waals surface area contributed by atoms with Crippen molar-refractivity contribution in [2.45, 2.75) is 51.5 Å². The molecule has 0 amide bonds. The molecule has 1 aromatic rings. The van der Waals surface area contributed by atoms with Crippen LogP contribution in [0.3, 0.4) is 0 Å². The molecule has 3 nitrogen and oxygen atoms in total. The fourth-order valence-corrected chi connectivity index (χ4v) is 3.13. The van der Waals surface area contributed by atoms with Crippen LogP contribution in [0.4, 0.5) is 0 Å². The number of nitrogens with two attached hydrogens (primary N) is 1. The fourth-order valence-electron chi connectivity index (χ4n) is 2.30. The van der Waals surface area contributed by atoms with Crippen molar-refractivity contribution in [3.8, 4) is 0 Å². The molecule has 1 fully saturated rings. The second-order valence-electron chi connectivity index (χ2n) is 4.68. The van der Waals surface area contributed by atoms with Crippen molar-refractivity contribution in [3.05, 3.63) is 21.9 Å². The summed E-state index contributed by atoms with van der Waals surface area (Å²) in [7, 11) is 0. The SMILES string of the molecule is Cc1ccc(C(=NC2CCCCCC2)NN)s1. The van der Waals surface area contributed by atoms with E-state index in [0.29, 0.717) is 6.04 Å². The van der Waals surface area contributed by atoms with Gasteiger partial charge >= 0.3 is 0 Å². The minimum Gasteiger partial charge on any atom is -0.308 e. The van der Waals surface area contributed by atoms with E-state index in [1.54, 1.807) is 11.3 Å². The number of amidine groups is 1. The van der Waals surface area contributed by atoms with Crippen LogP contribution in [0.15, 0.2) is 17.1 Å². The van der Waals surface area contributed by atoms with Crippen molar-refractivity contribution in [3.63, 3.8) is 0 Å². The summed E-state index contributed by atoms with van der Waals surface area (Å²) in [6.45, 7) is 2.11. The van der Waals surface area contributed by atoms with Gasteiger partial charge in [-0.3, -0.25) is 4.99 Å². The molecule has 1 aromatic heterocycles. The van der Waals surface area contributed by atoms with E-state index >= 15 is 0 Å². The van der Waals surface area contributed by atoms with Gasteiger partial charge in [0.1, 0.15) is 0 Å². The lowest BCUT2D eigenvalue weighted by atomic mass is 10.1. The summed E-state index contributed by atoms with van der Waals surface area (Å²) in [6.07, 6.45) is 7.72. The third-order valence-electron chi connectivity index (χ3n) is 3.25. The smallest absolute Gasteiger partial charge is 0.153 e. The van der Waals surface area contributed by atoms with Crippen LogP contribution in [0.2, 0.25) is 0 Å². The molecular weight excluding hydrogens is 230 g/mol. The van der Waals surface area contributed by atoms with Gasteiger partial charge in [0.2, 0.25) is 0 Å². The number of hydrazine groups is 1. The Hall–Kier alpha value is -0.870. The van der Waals surface area contributed by atoms with E-state index in [2.05, 4.69) is 24.5 Å². The summed E-state index contributed by atoms with van der Waals surface area (Å²) in [4.78, 5) is 7.23. The van der Waals surface area contributed by atoms with Crippen LogP contribution in [-0.2, 0) is 0 Å². The molecule has 0 unspecified atom stereocenters. The third kappa shape index (κ3) is 3.54. The molecule has 0 aromatic carbocycles. The van der Waals surface area contributed by atoms with E-state index < -0.39 is 0 Å². The lowest BCUT2D eigenvalue weighted by Gasteiger charge is -2.11. The van der Waals surface area contributed by atoms with Gasteiger partial charge in [-0.2, -0.15) is 0 Å². The number of hydrogen-bond donors (Lipinski definition) is 2. The van der Waals surface area contributed by atoms with Crippen LogP contribution in [-0.4, -0.2) is 11.9 Å². The van der Waals surface area contributed by atoms with Gasteiger partial charge in [-0.15, -0.1) is 11.3 Å². The van der Waals surface area contributed by atoms with E-state index in [4.69, 9.17) is 10.8 Å². The summed E-state index contributed by atoms with van der Waals surface area (Å²) in [6, 6.07) is 4.65. The molecule has 0 spiro atoms. The molecule has 3 N–H and O–H groups in total. The first kappa shape index (κ1) is 12.6. The zero-order chi connectivity index (χ0) is 12.1. The minimum absolute atomic E-state index is 0.450. The number of nitrogens with one attached hydrogen (secondary N) is 1. The highest BCUT2D eigenvalue weighted by Gasteiger charge is 2.13. The molecule has 1 aliphatic rings. The largest absolute Gasteiger partial charge is 0.308 e. The number of thiophene rings is 1. The average molecular weight is 251 g/mol. The van der Waals surface area contributed by atoms with Crippen molar-refractivity contribution >= 4 is 17.2 Å². The Balaban J connectivity index is 2.10.